The number of carbonyl (C=O) groups excluding carboxylic acids is 2. The third-order valence-electron chi connectivity index (χ3n) is 3.92. The molecule has 2 rings (SSSR count). The van der Waals surface area contributed by atoms with Crippen molar-refractivity contribution in [2.45, 2.75) is 39.2 Å². The van der Waals surface area contributed by atoms with Gasteiger partial charge in [-0.25, -0.2) is 0 Å². The fourth-order valence-corrected chi connectivity index (χ4v) is 2.69. The third kappa shape index (κ3) is 4.56. The van der Waals surface area contributed by atoms with E-state index in [-0.39, 0.29) is 17.7 Å². The molecule has 3 N–H and O–H groups in total. The highest BCUT2D eigenvalue weighted by Crippen LogP contribution is 2.19. The normalized spacial score (nSPS) is 21.2. The molecular formula is C17H25N3O2. The van der Waals surface area contributed by atoms with E-state index in [9.17, 15) is 9.59 Å². The maximum Gasteiger partial charge on any atom is 0.251 e. The first-order valence-electron chi connectivity index (χ1n) is 8.02. The lowest BCUT2D eigenvalue weighted by Crippen LogP contribution is -2.40. The van der Waals surface area contributed by atoms with Crippen LogP contribution in [0.1, 0.15) is 43.5 Å². The number of amides is 2. The Kier molecular flexibility index (Phi) is 5.95. The molecular weight excluding hydrogens is 278 g/mol. The SMILES string of the molecule is CCCNC(=O)c1cccc(NC(=O)[C@H]2CCN[C@@H](C)C2)c1. The van der Waals surface area contributed by atoms with Gasteiger partial charge in [0, 0.05) is 29.8 Å². The van der Waals surface area contributed by atoms with E-state index in [0.29, 0.717) is 23.8 Å². The van der Waals surface area contributed by atoms with Crippen LogP contribution < -0.4 is 16.0 Å². The first-order valence-corrected chi connectivity index (χ1v) is 8.02. The van der Waals surface area contributed by atoms with Crippen LogP contribution in [0.5, 0.6) is 0 Å². The van der Waals surface area contributed by atoms with Crippen LogP contribution in [-0.4, -0.2) is 30.9 Å². The molecule has 1 fully saturated rings. The molecule has 2 atom stereocenters. The van der Waals surface area contributed by atoms with E-state index in [1.807, 2.05) is 13.0 Å². The van der Waals surface area contributed by atoms with Crippen molar-refractivity contribution in [3.8, 4) is 0 Å². The highest BCUT2D eigenvalue weighted by atomic mass is 16.2. The molecule has 0 unspecified atom stereocenters. The van der Waals surface area contributed by atoms with Crippen LogP contribution in [0.3, 0.4) is 0 Å². The number of nitrogens with one attached hydrogen (secondary N) is 3. The summed E-state index contributed by atoms with van der Waals surface area (Å²) in [6, 6.07) is 7.47. The van der Waals surface area contributed by atoms with Gasteiger partial charge < -0.3 is 16.0 Å². The lowest BCUT2D eigenvalue weighted by Gasteiger charge is -2.27. The molecule has 0 saturated carbocycles. The minimum atomic E-state index is -0.103. The molecule has 1 saturated heterocycles. The number of anilines is 1. The molecule has 1 heterocycles. The van der Waals surface area contributed by atoms with Crippen LogP contribution in [0.2, 0.25) is 0 Å². The van der Waals surface area contributed by atoms with Gasteiger partial charge in [-0.2, -0.15) is 0 Å². The molecule has 1 aliphatic rings. The third-order valence-corrected chi connectivity index (χ3v) is 3.92. The van der Waals surface area contributed by atoms with E-state index < -0.39 is 0 Å². The topological polar surface area (TPSA) is 70.2 Å². The van der Waals surface area contributed by atoms with E-state index in [4.69, 9.17) is 0 Å². The Morgan fingerprint density at radius 2 is 2.18 bits per heavy atom. The van der Waals surface area contributed by atoms with Crippen LogP contribution in [0.25, 0.3) is 0 Å². The molecule has 0 radical (unpaired) electrons. The van der Waals surface area contributed by atoms with E-state index in [2.05, 4.69) is 22.9 Å². The number of benzene rings is 1. The Balaban J connectivity index is 1.97. The predicted octanol–water partition coefficient (Wildman–Crippen LogP) is 2.15. The Labute approximate surface area is 131 Å². The summed E-state index contributed by atoms with van der Waals surface area (Å²) in [6.07, 6.45) is 2.60. The van der Waals surface area contributed by atoms with Gasteiger partial charge in [0.25, 0.3) is 5.91 Å². The minimum Gasteiger partial charge on any atom is -0.352 e. The molecule has 1 aromatic carbocycles. The average molecular weight is 303 g/mol. The molecule has 5 heteroatoms. The highest BCUT2D eigenvalue weighted by Gasteiger charge is 2.24. The van der Waals surface area contributed by atoms with Gasteiger partial charge >= 0.3 is 0 Å². The summed E-state index contributed by atoms with van der Waals surface area (Å²) < 4.78 is 0. The van der Waals surface area contributed by atoms with Crippen molar-refractivity contribution in [3.05, 3.63) is 29.8 Å². The molecule has 120 valence electrons. The van der Waals surface area contributed by atoms with E-state index in [1.165, 1.54) is 0 Å². The van der Waals surface area contributed by atoms with Gasteiger partial charge in [0.2, 0.25) is 5.91 Å². The minimum absolute atomic E-state index is 0.0359. The van der Waals surface area contributed by atoms with Crippen molar-refractivity contribution in [2.24, 2.45) is 5.92 Å². The maximum absolute atomic E-state index is 12.3. The van der Waals surface area contributed by atoms with Gasteiger partial charge in [0.1, 0.15) is 0 Å². The number of rotatable bonds is 5. The Morgan fingerprint density at radius 3 is 2.91 bits per heavy atom. The van der Waals surface area contributed by atoms with Crippen LogP contribution in [0.15, 0.2) is 24.3 Å². The quantitative estimate of drug-likeness (QED) is 0.780. The lowest BCUT2D eigenvalue weighted by molar-refractivity contribution is -0.120. The van der Waals surface area contributed by atoms with E-state index in [0.717, 1.165) is 25.8 Å². The fraction of sp³-hybridized carbons (Fsp3) is 0.529. The summed E-state index contributed by atoms with van der Waals surface area (Å²) in [5.74, 6) is -0.0262. The van der Waals surface area contributed by atoms with Crippen LogP contribution >= 0.6 is 0 Å². The van der Waals surface area contributed by atoms with Gasteiger partial charge in [0.15, 0.2) is 0 Å². The number of hydrogen-bond donors (Lipinski definition) is 3. The van der Waals surface area contributed by atoms with Gasteiger partial charge in [-0.1, -0.05) is 13.0 Å². The second-order valence-corrected chi connectivity index (χ2v) is 5.90. The largest absolute Gasteiger partial charge is 0.352 e. The smallest absolute Gasteiger partial charge is 0.251 e. The van der Waals surface area contributed by atoms with Crippen molar-refractivity contribution < 1.29 is 9.59 Å². The standard InChI is InChI=1S/C17H25N3O2/c1-3-8-19-16(21)13-5-4-6-15(11-13)20-17(22)14-7-9-18-12(2)10-14/h4-6,11-12,14,18H,3,7-10H2,1-2H3,(H,19,21)(H,20,22)/t12-,14-/m0/s1. The maximum atomic E-state index is 12.3. The van der Waals surface area contributed by atoms with Crippen molar-refractivity contribution in [1.82, 2.24) is 10.6 Å². The van der Waals surface area contributed by atoms with Crippen molar-refractivity contribution >= 4 is 17.5 Å². The summed E-state index contributed by atoms with van der Waals surface area (Å²) in [5.41, 5.74) is 1.25. The summed E-state index contributed by atoms with van der Waals surface area (Å²) >= 11 is 0. The summed E-state index contributed by atoms with van der Waals surface area (Å²) in [7, 11) is 0. The highest BCUT2D eigenvalue weighted by molar-refractivity contribution is 5.97. The van der Waals surface area contributed by atoms with Gasteiger partial charge in [0.05, 0.1) is 0 Å². The summed E-state index contributed by atoms with van der Waals surface area (Å²) in [4.78, 5) is 24.3. The predicted molar refractivity (Wildman–Crippen MR) is 87.9 cm³/mol. The molecule has 5 nitrogen and oxygen atoms in total. The number of hydrogen-bond acceptors (Lipinski definition) is 3. The van der Waals surface area contributed by atoms with Crippen molar-refractivity contribution in [2.75, 3.05) is 18.4 Å². The van der Waals surface area contributed by atoms with Gasteiger partial charge in [-0.15, -0.1) is 0 Å². The van der Waals surface area contributed by atoms with Crippen LogP contribution in [-0.2, 0) is 4.79 Å². The number of piperidine rings is 1. The first kappa shape index (κ1) is 16.5. The molecule has 1 aliphatic heterocycles. The fourth-order valence-electron chi connectivity index (χ4n) is 2.69. The zero-order chi connectivity index (χ0) is 15.9. The average Bonchev–Trinajstić information content (AvgIpc) is 2.52. The van der Waals surface area contributed by atoms with E-state index in [1.54, 1.807) is 18.2 Å². The molecule has 2 amide bonds. The molecule has 22 heavy (non-hydrogen) atoms. The van der Waals surface area contributed by atoms with Crippen molar-refractivity contribution in [3.63, 3.8) is 0 Å². The molecule has 1 aromatic rings. The molecule has 0 aliphatic carbocycles. The summed E-state index contributed by atoms with van der Waals surface area (Å²) in [6.45, 7) is 5.64. The summed E-state index contributed by atoms with van der Waals surface area (Å²) in [5, 5.41) is 9.12. The molecule has 0 bridgehead atoms. The molecule has 0 aromatic heterocycles. The van der Waals surface area contributed by atoms with E-state index >= 15 is 0 Å². The molecule has 0 spiro atoms. The lowest BCUT2D eigenvalue weighted by atomic mass is 9.92. The number of carbonyl (C=O) groups is 2. The van der Waals surface area contributed by atoms with Crippen LogP contribution in [0.4, 0.5) is 5.69 Å². The monoisotopic (exact) mass is 303 g/mol. The Bertz CT molecular complexity index is 530. The van der Waals surface area contributed by atoms with Crippen molar-refractivity contribution in [1.29, 1.82) is 0 Å². The zero-order valence-corrected chi connectivity index (χ0v) is 13.3. The zero-order valence-electron chi connectivity index (χ0n) is 13.3. The van der Waals surface area contributed by atoms with Gasteiger partial charge in [-0.05, 0) is 50.9 Å². The first-order chi connectivity index (χ1) is 10.6. The Hall–Kier alpha value is -1.88. The second kappa shape index (κ2) is 7.94. The van der Waals surface area contributed by atoms with Gasteiger partial charge in [-0.3, -0.25) is 9.59 Å². The second-order valence-electron chi connectivity index (χ2n) is 5.90. The Morgan fingerprint density at radius 1 is 1.36 bits per heavy atom. The van der Waals surface area contributed by atoms with Crippen LogP contribution in [0, 0.1) is 5.92 Å².